The van der Waals surface area contributed by atoms with E-state index in [1.54, 1.807) is 11.3 Å². The summed E-state index contributed by atoms with van der Waals surface area (Å²) in [4.78, 5) is 4.43. The van der Waals surface area contributed by atoms with Crippen LogP contribution < -0.4 is 5.32 Å². The molecule has 1 unspecified atom stereocenters. The van der Waals surface area contributed by atoms with Gasteiger partial charge >= 0.3 is 0 Å². The van der Waals surface area contributed by atoms with Crippen LogP contribution in [-0.2, 0) is 0 Å². The summed E-state index contributed by atoms with van der Waals surface area (Å²) < 4.78 is 0. The van der Waals surface area contributed by atoms with Gasteiger partial charge in [-0.05, 0) is 18.9 Å². The van der Waals surface area contributed by atoms with Gasteiger partial charge in [0, 0.05) is 5.38 Å². The normalized spacial score (nSPS) is 12.4. The quantitative estimate of drug-likeness (QED) is 0.861. The molecule has 1 atom stereocenters. The van der Waals surface area contributed by atoms with E-state index in [4.69, 9.17) is 0 Å². The van der Waals surface area contributed by atoms with Crippen LogP contribution in [0.2, 0.25) is 0 Å². The summed E-state index contributed by atoms with van der Waals surface area (Å²) in [6.45, 7) is 4.20. The summed E-state index contributed by atoms with van der Waals surface area (Å²) in [5.74, 6) is 0. The second kappa shape index (κ2) is 5.12. The van der Waals surface area contributed by atoms with Crippen molar-refractivity contribution in [2.24, 2.45) is 0 Å². The van der Waals surface area contributed by atoms with E-state index in [-0.39, 0.29) is 0 Å². The summed E-state index contributed by atoms with van der Waals surface area (Å²) >= 11 is 1.67. The summed E-state index contributed by atoms with van der Waals surface area (Å²) in [6.07, 6.45) is 1.06. The number of benzene rings is 1. The topological polar surface area (TPSA) is 24.9 Å². The predicted octanol–water partition coefficient (Wildman–Crippen LogP) is 4.01. The van der Waals surface area contributed by atoms with Crippen molar-refractivity contribution in [1.82, 2.24) is 4.98 Å². The third-order valence-corrected chi connectivity index (χ3v) is 3.42. The molecule has 0 radical (unpaired) electrons. The van der Waals surface area contributed by atoms with Gasteiger partial charge in [-0.2, -0.15) is 0 Å². The highest BCUT2D eigenvalue weighted by molar-refractivity contribution is 7.13. The molecule has 0 amide bonds. The summed E-state index contributed by atoms with van der Waals surface area (Å²) in [5, 5.41) is 6.55. The molecule has 1 aromatic carbocycles. The maximum absolute atomic E-state index is 4.43. The van der Waals surface area contributed by atoms with Gasteiger partial charge in [-0.1, -0.05) is 37.3 Å². The fourth-order valence-electron chi connectivity index (χ4n) is 1.68. The number of nitrogens with one attached hydrogen (secondary N) is 1. The zero-order valence-electron chi connectivity index (χ0n) is 9.60. The lowest BCUT2D eigenvalue weighted by atomic mass is 10.1. The van der Waals surface area contributed by atoms with E-state index in [2.05, 4.69) is 46.9 Å². The number of thiazole rings is 1. The fraction of sp³-hybridized carbons (Fsp3) is 0.308. The Kier molecular flexibility index (Phi) is 3.57. The molecule has 84 valence electrons. The van der Waals surface area contributed by atoms with Crippen LogP contribution in [-0.4, -0.2) is 4.98 Å². The lowest BCUT2D eigenvalue weighted by molar-refractivity contribution is 0.748. The highest BCUT2D eigenvalue weighted by Gasteiger charge is 2.09. The number of hydrogen-bond donors (Lipinski definition) is 1. The molecule has 0 aliphatic heterocycles. The number of aryl methyl sites for hydroxylation is 1. The molecular weight excluding hydrogens is 216 g/mol. The van der Waals surface area contributed by atoms with Gasteiger partial charge in [-0.25, -0.2) is 4.98 Å². The third-order valence-electron chi connectivity index (χ3n) is 2.53. The van der Waals surface area contributed by atoms with Crippen molar-refractivity contribution in [2.45, 2.75) is 26.3 Å². The average molecular weight is 232 g/mol. The number of hydrogen-bond acceptors (Lipinski definition) is 3. The Bertz CT molecular complexity index is 436. The SMILES string of the molecule is CCC(Nc1nc(C)cs1)c1ccccc1. The number of aromatic nitrogens is 1. The average Bonchev–Trinajstić information content (AvgIpc) is 2.73. The monoisotopic (exact) mass is 232 g/mol. The molecule has 1 aromatic heterocycles. The van der Waals surface area contributed by atoms with Crippen molar-refractivity contribution in [1.29, 1.82) is 0 Å². The van der Waals surface area contributed by atoms with Crippen LogP contribution in [0.1, 0.15) is 30.6 Å². The van der Waals surface area contributed by atoms with Crippen LogP contribution in [0.4, 0.5) is 5.13 Å². The Labute approximate surface area is 100 Å². The van der Waals surface area contributed by atoms with E-state index in [9.17, 15) is 0 Å². The minimum atomic E-state index is 0.353. The standard InChI is InChI=1S/C13H16N2S/c1-3-12(11-7-5-4-6-8-11)15-13-14-10(2)9-16-13/h4-9,12H,3H2,1-2H3,(H,14,15). The van der Waals surface area contributed by atoms with Gasteiger partial charge in [0.05, 0.1) is 11.7 Å². The van der Waals surface area contributed by atoms with Crippen LogP contribution >= 0.6 is 11.3 Å². The van der Waals surface area contributed by atoms with Gasteiger partial charge in [0.25, 0.3) is 0 Å². The molecule has 16 heavy (non-hydrogen) atoms. The van der Waals surface area contributed by atoms with E-state index >= 15 is 0 Å². The molecule has 2 aromatic rings. The molecule has 1 heterocycles. The molecule has 0 bridgehead atoms. The smallest absolute Gasteiger partial charge is 0.183 e. The second-order valence-electron chi connectivity index (χ2n) is 3.81. The Morgan fingerprint density at radius 1 is 1.31 bits per heavy atom. The van der Waals surface area contributed by atoms with Crippen molar-refractivity contribution in [3.63, 3.8) is 0 Å². The summed E-state index contributed by atoms with van der Waals surface area (Å²) in [5.41, 5.74) is 2.40. The van der Waals surface area contributed by atoms with Gasteiger partial charge in [0.2, 0.25) is 0 Å². The van der Waals surface area contributed by atoms with Crippen molar-refractivity contribution in [3.05, 3.63) is 47.0 Å². The highest BCUT2D eigenvalue weighted by atomic mass is 32.1. The van der Waals surface area contributed by atoms with E-state index < -0.39 is 0 Å². The van der Waals surface area contributed by atoms with Crippen LogP contribution in [0, 0.1) is 6.92 Å². The molecule has 3 heteroatoms. The van der Waals surface area contributed by atoms with E-state index in [1.807, 2.05) is 13.0 Å². The third kappa shape index (κ3) is 2.61. The van der Waals surface area contributed by atoms with Crippen LogP contribution in [0.15, 0.2) is 35.7 Å². The molecule has 1 N–H and O–H groups in total. The van der Waals surface area contributed by atoms with Crippen molar-refractivity contribution >= 4 is 16.5 Å². The van der Waals surface area contributed by atoms with E-state index in [0.717, 1.165) is 17.2 Å². The maximum atomic E-state index is 4.43. The van der Waals surface area contributed by atoms with E-state index in [0.29, 0.717) is 6.04 Å². The molecule has 0 fully saturated rings. The number of anilines is 1. The lowest BCUT2D eigenvalue weighted by Crippen LogP contribution is -2.09. The van der Waals surface area contributed by atoms with Crippen LogP contribution in [0.25, 0.3) is 0 Å². The van der Waals surface area contributed by atoms with Gasteiger partial charge < -0.3 is 5.32 Å². The molecule has 0 spiro atoms. The summed E-state index contributed by atoms with van der Waals surface area (Å²) in [7, 11) is 0. The lowest BCUT2D eigenvalue weighted by Gasteiger charge is -2.16. The fourth-order valence-corrected chi connectivity index (χ4v) is 2.42. The first-order valence-electron chi connectivity index (χ1n) is 5.53. The largest absolute Gasteiger partial charge is 0.355 e. The zero-order chi connectivity index (χ0) is 11.4. The molecular formula is C13H16N2S. The van der Waals surface area contributed by atoms with Gasteiger partial charge in [0.1, 0.15) is 0 Å². The molecule has 2 nitrogen and oxygen atoms in total. The maximum Gasteiger partial charge on any atom is 0.183 e. The Hall–Kier alpha value is -1.35. The van der Waals surface area contributed by atoms with E-state index in [1.165, 1.54) is 5.56 Å². The molecule has 0 aliphatic carbocycles. The first kappa shape index (κ1) is 11.1. The zero-order valence-corrected chi connectivity index (χ0v) is 10.4. The molecule has 0 saturated heterocycles. The first-order valence-corrected chi connectivity index (χ1v) is 6.41. The number of nitrogens with zero attached hydrogens (tertiary/aromatic N) is 1. The van der Waals surface area contributed by atoms with Gasteiger partial charge in [-0.3, -0.25) is 0 Å². The van der Waals surface area contributed by atoms with Crippen molar-refractivity contribution in [3.8, 4) is 0 Å². The highest BCUT2D eigenvalue weighted by Crippen LogP contribution is 2.24. The van der Waals surface area contributed by atoms with Crippen LogP contribution in [0.5, 0.6) is 0 Å². The molecule has 0 aliphatic rings. The van der Waals surface area contributed by atoms with Crippen molar-refractivity contribution in [2.75, 3.05) is 5.32 Å². The molecule has 0 saturated carbocycles. The Morgan fingerprint density at radius 2 is 2.06 bits per heavy atom. The molecule has 2 rings (SSSR count). The Balaban J connectivity index is 2.12. The van der Waals surface area contributed by atoms with Gasteiger partial charge in [0.15, 0.2) is 5.13 Å². The van der Waals surface area contributed by atoms with Crippen molar-refractivity contribution < 1.29 is 0 Å². The minimum absolute atomic E-state index is 0.353. The van der Waals surface area contributed by atoms with Gasteiger partial charge in [-0.15, -0.1) is 11.3 Å². The first-order chi connectivity index (χ1) is 7.79. The van der Waals surface area contributed by atoms with Crippen LogP contribution in [0.3, 0.4) is 0 Å². The summed E-state index contributed by atoms with van der Waals surface area (Å²) in [6, 6.07) is 10.9. The minimum Gasteiger partial charge on any atom is -0.355 e. The Morgan fingerprint density at radius 3 is 2.62 bits per heavy atom. The second-order valence-corrected chi connectivity index (χ2v) is 4.67. The number of rotatable bonds is 4. The predicted molar refractivity (Wildman–Crippen MR) is 69.9 cm³/mol.